The van der Waals surface area contributed by atoms with Gasteiger partial charge in [-0.05, 0) is 25.8 Å². The molecule has 0 bridgehead atoms. The van der Waals surface area contributed by atoms with Crippen molar-refractivity contribution in [1.29, 1.82) is 0 Å². The topological polar surface area (TPSA) is 48.5 Å². The number of amides is 1. The van der Waals surface area contributed by atoms with Crippen LogP contribution < -0.4 is 5.32 Å². The molecule has 1 N–H and O–H groups in total. The van der Waals surface area contributed by atoms with Crippen LogP contribution >= 0.6 is 11.3 Å². The molecule has 122 valence electrons. The number of piperidine rings is 1. The number of aryl methyl sites for hydroxylation is 1. The number of hydrogen-bond acceptors (Lipinski definition) is 5. The summed E-state index contributed by atoms with van der Waals surface area (Å²) in [7, 11) is 0. The number of hydrogen-bond donors (Lipinski definition) is 1. The third kappa shape index (κ3) is 3.86. The van der Waals surface area contributed by atoms with Gasteiger partial charge < -0.3 is 10.2 Å². The molecule has 0 spiro atoms. The summed E-state index contributed by atoms with van der Waals surface area (Å²) in [5.74, 6) is 0.555. The Morgan fingerprint density at radius 1 is 1.41 bits per heavy atom. The normalized spacial score (nSPS) is 23.7. The molecule has 1 atom stereocenters. The van der Waals surface area contributed by atoms with Gasteiger partial charge in [0.1, 0.15) is 0 Å². The molecule has 0 radical (unpaired) electrons. The van der Waals surface area contributed by atoms with Crippen molar-refractivity contribution in [2.24, 2.45) is 5.92 Å². The number of piperazine rings is 1. The summed E-state index contributed by atoms with van der Waals surface area (Å²) < 4.78 is 0. The molecule has 0 aliphatic carbocycles. The predicted molar refractivity (Wildman–Crippen MR) is 88.9 cm³/mol. The average Bonchev–Trinajstić information content (AvgIpc) is 3.03. The van der Waals surface area contributed by atoms with Crippen LogP contribution in [0.3, 0.4) is 0 Å². The van der Waals surface area contributed by atoms with Gasteiger partial charge in [0, 0.05) is 44.6 Å². The fourth-order valence-electron chi connectivity index (χ4n) is 3.26. The van der Waals surface area contributed by atoms with Gasteiger partial charge in [-0.3, -0.25) is 9.69 Å². The molecule has 0 aromatic carbocycles. The molecule has 1 aromatic heterocycles. The number of nitrogens with one attached hydrogen (secondary N) is 1. The van der Waals surface area contributed by atoms with Gasteiger partial charge in [-0.15, -0.1) is 11.3 Å². The molecule has 22 heavy (non-hydrogen) atoms. The Balaban J connectivity index is 1.46. The molecule has 1 amide bonds. The molecule has 1 unspecified atom stereocenters. The summed E-state index contributed by atoms with van der Waals surface area (Å²) in [4.78, 5) is 21.6. The first-order chi connectivity index (χ1) is 10.8. The molecular formula is C16H26N4OS. The largest absolute Gasteiger partial charge is 0.340 e. The van der Waals surface area contributed by atoms with Crippen LogP contribution in [0.1, 0.15) is 30.5 Å². The second-order valence-electron chi connectivity index (χ2n) is 6.23. The summed E-state index contributed by atoms with van der Waals surface area (Å²) in [5, 5.41) is 6.73. The molecule has 2 aliphatic rings. The van der Waals surface area contributed by atoms with Gasteiger partial charge >= 0.3 is 0 Å². The smallest absolute Gasteiger partial charge is 0.227 e. The first kappa shape index (κ1) is 15.9. The Morgan fingerprint density at radius 3 is 2.86 bits per heavy atom. The maximum absolute atomic E-state index is 12.5. The summed E-state index contributed by atoms with van der Waals surface area (Å²) in [5.41, 5.74) is 1.18. The highest BCUT2D eigenvalue weighted by Gasteiger charge is 2.28. The van der Waals surface area contributed by atoms with Crippen molar-refractivity contribution in [3.63, 3.8) is 0 Å². The van der Waals surface area contributed by atoms with Crippen LogP contribution in [0.5, 0.6) is 0 Å². The molecular weight excluding hydrogens is 296 g/mol. The van der Waals surface area contributed by atoms with Crippen molar-refractivity contribution < 1.29 is 4.79 Å². The highest BCUT2D eigenvalue weighted by Crippen LogP contribution is 2.17. The van der Waals surface area contributed by atoms with Crippen LogP contribution in [0.2, 0.25) is 0 Å². The molecule has 2 saturated heterocycles. The van der Waals surface area contributed by atoms with E-state index in [2.05, 4.69) is 32.4 Å². The number of carbonyl (C=O) groups excluding carboxylic acids is 1. The summed E-state index contributed by atoms with van der Waals surface area (Å²) in [6, 6.07) is 0. The number of nitrogens with zero attached hydrogens (tertiary/aromatic N) is 3. The van der Waals surface area contributed by atoms with Crippen LogP contribution in [0.25, 0.3) is 0 Å². The maximum atomic E-state index is 12.5. The second kappa shape index (κ2) is 7.53. The zero-order valence-electron chi connectivity index (χ0n) is 13.4. The van der Waals surface area contributed by atoms with Crippen LogP contribution in [-0.4, -0.2) is 60.0 Å². The highest BCUT2D eigenvalue weighted by molar-refractivity contribution is 7.09. The van der Waals surface area contributed by atoms with E-state index in [4.69, 9.17) is 0 Å². The van der Waals surface area contributed by atoms with Crippen molar-refractivity contribution in [3.8, 4) is 0 Å². The van der Waals surface area contributed by atoms with Crippen molar-refractivity contribution in [2.75, 3.05) is 39.3 Å². The van der Waals surface area contributed by atoms with E-state index in [-0.39, 0.29) is 5.92 Å². The van der Waals surface area contributed by atoms with Gasteiger partial charge in [0.15, 0.2) is 0 Å². The minimum atomic E-state index is 0.200. The molecule has 6 heteroatoms. The third-order valence-corrected chi connectivity index (χ3v) is 5.66. The first-order valence-corrected chi connectivity index (χ1v) is 9.29. The Morgan fingerprint density at radius 2 is 2.23 bits per heavy atom. The van der Waals surface area contributed by atoms with E-state index >= 15 is 0 Å². The minimum absolute atomic E-state index is 0.200. The van der Waals surface area contributed by atoms with Crippen molar-refractivity contribution in [2.45, 2.75) is 32.7 Å². The van der Waals surface area contributed by atoms with E-state index < -0.39 is 0 Å². The average molecular weight is 322 g/mol. The zero-order valence-corrected chi connectivity index (χ0v) is 14.2. The molecule has 2 aliphatic heterocycles. The van der Waals surface area contributed by atoms with Crippen molar-refractivity contribution in [3.05, 3.63) is 16.1 Å². The minimum Gasteiger partial charge on any atom is -0.340 e. The maximum Gasteiger partial charge on any atom is 0.227 e. The van der Waals surface area contributed by atoms with Crippen LogP contribution in [0.4, 0.5) is 0 Å². The monoisotopic (exact) mass is 322 g/mol. The first-order valence-electron chi connectivity index (χ1n) is 8.41. The van der Waals surface area contributed by atoms with Crippen LogP contribution in [-0.2, 0) is 17.8 Å². The fourth-order valence-corrected chi connectivity index (χ4v) is 4.00. The lowest BCUT2D eigenvalue weighted by Gasteiger charge is -2.37. The van der Waals surface area contributed by atoms with E-state index in [1.54, 1.807) is 11.3 Å². The van der Waals surface area contributed by atoms with Crippen molar-refractivity contribution in [1.82, 2.24) is 20.1 Å². The third-order valence-electron chi connectivity index (χ3n) is 4.62. The lowest BCUT2D eigenvalue weighted by atomic mass is 9.98. The van der Waals surface area contributed by atoms with E-state index in [9.17, 15) is 4.79 Å². The van der Waals surface area contributed by atoms with E-state index in [1.807, 2.05) is 0 Å². The molecule has 1 aromatic rings. The fraction of sp³-hybridized carbons (Fsp3) is 0.750. The molecule has 0 saturated carbocycles. The Bertz CT molecular complexity index is 490. The van der Waals surface area contributed by atoms with Crippen molar-refractivity contribution >= 4 is 17.2 Å². The van der Waals surface area contributed by atoms with E-state index in [1.165, 1.54) is 10.7 Å². The van der Waals surface area contributed by atoms with Gasteiger partial charge in [-0.25, -0.2) is 4.98 Å². The number of thiazole rings is 1. The number of carbonyl (C=O) groups is 1. The quantitative estimate of drug-likeness (QED) is 0.909. The second-order valence-corrected chi connectivity index (χ2v) is 7.17. The summed E-state index contributed by atoms with van der Waals surface area (Å²) in [6.45, 7) is 8.63. The Hall–Kier alpha value is -0.980. The molecule has 2 fully saturated rings. The van der Waals surface area contributed by atoms with E-state index in [0.29, 0.717) is 5.91 Å². The summed E-state index contributed by atoms with van der Waals surface area (Å²) in [6.07, 6.45) is 3.19. The predicted octanol–water partition coefficient (Wildman–Crippen LogP) is 1.35. The van der Waals surface area contributed by atoms with Crippen LogP contribution in [0, 0.1) is 5.92 Å². The molecule has 5 nitrogen and oxygen atoms in total. The van der Waals surface area contributed by atoms with Gasteiger partial charge in [0.25, 0.3) is 0 Å². The van der Waals surface area contributed by atoms with Gasteiger partial charge in [0.05, 0.1) is 16.6 Å². The number of aromatic nitrogens is 1. The lowest BCUT2D eigenvalue weighted by Crippen LogP contribution is -2.51. The van der Waals surface area contributed by atoms with E-state index in [0.717, 1.165) is 65.1 Å². The van der Waals surface area contributed by atoms with Gasteiger partial charge in [-0.1, -0.05) is 6.92 Å². The van der Waals surface area contributed by atoms with Crippen LogP contribution in [0.15, 0.2) is 5.38 Å². The highest BCUT2D eigenvalue weighted by atomic mass is 32.1. The lowest BCUT2D eigenvalue weighted by molar-refractivity contribution is -0.137. The molecule has 3 rings (SSSR count). The Kier molecular flexibility index (Phi) is 5.44. The van der Waals surface area contributed by atoms with Gasteiger partial charge in [0.2, 0.25) is 5.91 Å². The SMILES string of the molecule is CCc1nc(CN2CCN(C(=O)C3CCCNC3)CC2)cs1. The zero-order chi connectivity index (χ0) is 15.4. The summed E-state index contributed by atoms with van der Waals surface area (Å²) >= 11 is 1.75. The Labute approximate surface area is 136 Å². The molecule has 3 heterocycles. The standard InChI is InChI=1S/C16H26N4OS/c1-2-15-18-14(12-22-15)11-19-6-8-20(9-7-19)16(21)13-4-3-5-17-10-13/h12-13,17H,2-11H2,1H3. The number of rotatable bonds is 4. The van der Waals surface area contributed by atoms with Gasteiger partial charge in [-0.2, -0.15) is 0 Å².